The minimum atomic E-state index is -3.63. The SMILES string of the molecule is CC(=O)N1CCN(S(=O)(=O)c2ccc(C(=O)N3CCNC(C)C3)cc2)CC1.Cl. The predicted octanol–water partition coefficient (Wildman–Crippen LogP) is 0.395. The van der Waals surface area contributed by atoms with Crippen LogP contribution in [0.2, 0.25) is 0 Å². The Bertz CT molecular complexity index is 807. The molecule has 10 heteroatoms. The molecule has 2 aliphatic rings. The minimum absolute atomic E-state index is 0. The molecule has 2 saturated heterocycles. The van der Waals surface area contributed by atoms with Crippen LogP contribution in [-0.4, -0.2) is 86.2 Å². The van der Waals surface area contributed by atoms with Crippen LogP contribution in [0, 0.1) is 0 Å². The standard InChI is InChI=1S/C18H26N4O4S.ClH/c1-14-13-21(8-7-19-14)18(24)16-3-5-17(6-4-16)27(25,26)22-11-9-20(10-12-22)15(2)23;/h3-6,14,19H,7-13H2,1-2H3;1H. The zero-order valence-electron chi connectivity index (χ0n) is 16.1. The van der Waals surface area contributed by atoms with Crippen LogP contribution in [0.5, 0.6) is 0 Å². The summed E-state index contributed by atoms with van der Waals surface area (Å²) in [6.45, 7) is 6.90. The molecule has 0 aromatic heterocycles. The number of hydrogen-bond donors (Lipinski definition) is 1. The lowest BCUT2D eigenvalue weighted by Crippen LogP contribution is -2.51. The van der Waals surface area contributed by atoms with Gasteiger partial charge in [0.25, 0.3) is 5.91 Å². The molecule has 1 aromatic rings. The van der Waals surface area contributed by atoms with E-state index >= 15 is 0 Å². The summed E-state index contributed by atoms with van der Waals surface area (Å²) < 4.78 is 27.0. The molecule has 28 heavy (non-hydrogen) atoms. The Balaban J connectivity index is 0.00000280. The molecule has 1 N–H and O–H groups in total. The van der Waals surface area contributed by atoms with Crippen LogP contribution in [0.1, 0.15) is 24.2 Å². The number of nitrogens with zero attached hydrogens (tertiary/aromatic N) is 3. The first-order chi connectivity index (χ1) is 12.8. The minimum Gasteiger partial charge on any atom is -0.340 e. The van der Waals surface area contributed by atoms with Gasteiger partial charge in [0, 0.05) is 64.3 Å². The Kier molecular flexibility index (Phi) is 7.44. The van der Waals surface area contributed by atoms with E-state index < -0.39 is 10.0 Å². The van der Waals surface area contributed by atoms with E-state index in [1.54, 1.807) is 21.9 Å². The molecular weight excluding hydrogens is 404 g/mol. The summed E-state index contributed by atoms with van der Waals surface area (Å²) in [4.78, 5) is 27.6. The molecule has 156 valence electrons. The van der Waals surface area contributed by atoms with Gasteiger partial charge in [0.1, 0.15) is 0 Å². The van der Waals surface area contributed by atoms with Gasteiger partial charge >= 0.3 is 0 Å². The molecule has 8 nitrogen and oxygen atoms in total. The van der Waals surface area contributed by atoms with E-state index in [9.17, 15) is 18.0 Å². The van der Waals surface area contributed by atoms with E-state index in [4.69, 9.17) is 0 Å². The first-order valence-corrected chi connectivity index (χ1v) is 10.6. The highest BCUT2D eigenvalue weighted by Gasteiger charge is 2.29. The third-order valence-electron chi connectivity index (χ3n) is 5.08. The van der Waals surface area contributed by atoms with E-state index in [1.807, 2.05) is 6.92 Å². The summed E-state index contributed by atoms with van der Waals surface area (Å²) in [7, 11) is -3.63. The normalized spacial score (nSPS) is 21.1. The van der Waals surface area contributed by atoms with Gasteiger partial charge in [-0.2, -0.15) is 4.31 Å². The maximum Gasteiger partial charge on any atom is 0.253 e. The number of halogens is 1. The van der Waals surface area contributed by atoms with Crippen molar-refractivity contribution >= 4 is 34.2 Å². The van der Waals surface area contributed by atoms with Crippen LogP contribution in [0.4, 0.5) is 0 Å². The fourth-order valence-electron chi connectivity index (χ4n) is 3.46. The molecule has 1 aromatic carbocycles. The average molecular weight is 431 g/mol. The largest absolute Gasteiger partial charge is 0.340 e. The zero-order chi connectivity index (χ0) is 19.6. The lowest BCUT2D eigenvalue weighted by molar-refractivity contribution is -0.129. The molecule has 2 aliphatic heterocycles. The van der Waals surface area contributed by atoms with Crippen LogP contribution < -0.4 is 5.32 Å². The van der Waals surface area contributed by atoms with Crippen molar-refractivity contribution in [1.29, 1.82) is 0 Å². The van der Waals surface area contributed by atoms with E-state index in [-0.39, 0.29) is 48.2 Å². The van der Waals surface area contributed by atoms with Crippen molar-refractivity contribution in [3.63, 3.8) is 0 Å². The van der Waals surface area contributed by atoms with Gasteiger partial charge in [-0.3, -0.25) is 9.59 Å². The summed E-state index contributed by atoms with van der Waals surface area (Å²) in [5.74, 6) is -0.125. The molecule has 0 aliphatic carbocycles. The second-order valence-corrected chi connectivity index (χ2v) is 8.98. The number of carbonyl (C=O) groups is 2. The van der Waals surface area contributed by atoms with Crippen molar-refractivity contribution in [2.45, 2.75) is 24.8 Å². The van der Waals surface area contributed by atoms with E-state index in [0.29, 0.717) is 31.7 Å². The summed E-state index contributed by atoms with van der Waals surface area (Å²) in [5.41, 5.74) is 0.490. The molecule has 0 bridgehead atoms. The Morgan fingerprint density at radius 3 is 2.14 bits per heavy atom. The highest BCUT2D eigenvalue weighted by atomic mass is 35.5. The number of nitrogens with one attached hydrogen (secondary N) is 1. The van der Waals surface area contributed by atoms with Gasteiger partial charge in [-0.05, 0) is 31.2 Å². The Morgan fingerprint density at radius 2 is 1.61 bits per heavy atom. The lowest BCUT2D eigenvalue weighted by atomic mass is 10.1. The number of rotatable bonds is 3. The van der Waals surface area contributed by atoms with E-state index in [2.05, 4.69) is 5.32 Å². The van der Waals surface area contributed by atoms with Crippen LogP contribution in [-0.2, 0) is 14.8 Å². The molecule has 1 unspecified atom stereocenters. The van der Waals surface area contributed by atoms with Crippen molar-refractivity contribution in [2.75, 3.05) is 45.8 Å². The molecule has 1 atom stereocenters. The van der Waals surface area contributed by atoms with Crippen LogP contribution >= 0.6 is 12.4 Å². The second-order valence-electron chi connectivity index (χ2n) is 7.04. The van der Waals surface area contributed by atoms with Crippen molar-refractivity contribution in [1.82, 2.24) is 19.4 Å². The fourth-order valence-corrected chi connectivity index (χ4v) is 4.88. The van der Waals surface area contributed by atoms with Crippen LogP contribution in [0.3, 0.4) is 0 Å². The van der Waals surface area contributed by atoms with E-state index in [0.717, 1.165) is 6.54 Å². The maximum absolute atomic E-state index is 12.8. The summed E-state index contributed by atoms with van der Waals surface area (Å²) in [6.07, 6.45) is 0. The topological polar surface area (TPSA) is 90.0 Å². The van der Waals surface area contributed by atoms with Gasteiger partial charge in [-0.1, -0.05) is 0 Å². The van der Waals surface area contributed by atoms with Crippen LogP contribution in [0.25, 0.3) is 0 Å². The molecule has 0 radical (unpaired) electrons. The molecule has 0 saturated carbocycles. The van der Waals surface area contributed by atoms with Gasteiger partial charge in [0.15, 0.2) is 0 Å². The average Bonchev–Trinajstić information content (AvgIpc) is 2.67. The quantitative estimate of drug-likeness (QED) is 0.749. The van der Waals surface area contributed by atoms with Crippen LogP contribution in [0.15, 0.2) is 29.2 Å². The monoisotopic (exact) mass is 430 g/mol. The summed E-state index contributed by atoms with van der Waals surface area (Å²) in [6, 6.07) is 6.38. The zero-order valence-corrected chi connectivity index (χ0v) is 17.8. The summed E-state index contributed by atoms with van der Waals surface area (Å²) in [5, 5.41) is 3.29. The molecule has 2 heterocycles. The number of piperazine rings is 2. The third kappa shape index (κ3) is 4.83. The van der Waals surface area contributed by atoms with Crippen molar-refractivity contribution < 1.29 is 18.0 Å². The molecule has 3 rings (SSSR count). The highest BCUT2D eigenvalue weighted by Crippen LogP contribution is 2.19. The van der Waals surface area contributed by atoms with Crippen molar-refractivity contribution in [3.8, 4) is 0 Å². The van der Waals surface area contributed by atoms with Crippen molar-refractivity contribution in [3.05, 3.63) is 29.8 Å². The molecule has 2 amide bonds. The first-order valence-electron chi connectivity index (χ1n) is 9.17. The first kappa shape index (κ1) is 22.6. The predicted molar refractivity (Wildman–Crippen MR) is 108 cm³/mol. The Labute approximate surface area is 172 Å². The van der Waals surface area contributed by atoms with E-state index in [1.165, 1.54) is 23.4 Å². The number of benzene rings is 1. The van der Waals surface area contributed by atoms with Crippen molar-refractivity contribution in [2.24, 2.45) is 0 Å². The Morgan fingerprint density at radius 1 is 1.00 bits per heavy atom. The summed E-state index contributed by atoms with van der Waals surface area (Å²) >= 11 is 0. The molecule has 2 fully saturated rings. The van der Waals surface area contributed by atoms with Gasteiger partial charge in [-0.15, -0.1) is 12.4 Å². The van der Waals surface area contributed by atoms with Gasteiger partial charge < -0.3 is 15.1 Å². The smallest absolute Gasteiger partial charge is 0.253 e. The third-order valence-corrected chi connectivity index (χ3v) is 6.99. The maximum atomic E-state index is 12.8. The number of sulfonamides is 1. The lowest BCUT2D eigenvalue weighted by Gasteiger charge is -2.33. The Hall–Kier alpha value is -1.68. The highest BCUT2D eigenvalue weighted by molar-refractivity contribution is 7.89. The number of hydrogen-bond acceptors (Lipinski definition) is 5. The second kappa shape index (κ2) is 9.21. The molecular formula is C18H27ClN4O4S. The number of amides is 2. The number of carbonyl (C=O) groups excluding carboxylic acids is 2. The fraction of sp³-hybridized carbons (Fsp3) is 0.556. The van der Waals surface area contributed by atoms with Gasteiger partial charge in [-0.25, -0.2) is 8.42 Å². The van der Waals surface area contributed by atoms with Gasteiger partial charge in [0.2, 0.25) is 15.9 Å². The van der Waals surface area contributed by atoms with Gasteiger partial charge in [0.05, 0.1) is 4.90 Å². The molecule has 0 spiro atoms.